The number of hydrogen-bond donors (Lipinski definition) is 2. The Morgan fingerprint density at radius 3 is 2.74 bits per heavy atom. The molecule has 0 aliphatic heterocycles. The Labute approximate surface area is 112 Å². The summed E-state index contributed by atoms with van der Waals surface area (Å²) in [6.45, 7) is 1.07. The van der Waals surface area contributed by atoms with Crippen molar-refractivity contribution in [1.82, 2.24) is 15.3 Å². The maximum atomic E-state index is 11.8. The van der Waals surface area contributed by atoms with Crippen LogP contribution < -0.4 is 10.2 Å². The standard InChI is InChI=1S/C13H20N4O2/c1-17(12-14-6-2-7-15-12)9-11(19)16-10-13(3-4-13)5-8-18/h2,6-7,18H,3-5,8-10H2,1H3,(H,16,19). The van der Waals surface area contributed by atoms with E-state index >= 15 is 0 Å². The van der Waals surface area contributed by atoms with Gasteiger partial charge in [-0.2, -0.15) is 0 Å². The van der Waals surface area contributed by atoms with Gasteiger partial charge in [-0.3, -0.25) is 4.79 Å². The molecule has 0 aromatic carbocycles. The average Bonchev–Trinajstić information content (AvgIpc) is 3.18. The van der Waals surface area contributed by atoms with Crippen molar-refractivity contribution in [2.45, 2.75) is 19.3 Å². The molecule has 0 saturated heterocycles. The van der Waals surface area contributed by atoms with E-state index < -0.39 is 0 Å². The van der Waals surface area contributed by atoms with Crippen molar-refractivity contribution in [2.24, 2.45) is 5.41 Å². The Bertz CT molecular complexity index is 420. The lowest BCUT2D eigenvalue weighted by molar-refractivity contribution is -0.120. The number of likely N-dealkylation sites (N-methyl/N-ethyl adjacent to an activating group) is 1. The van der Waals surface area contributed by atoms with Crippen molar-refractivity contribution >= 4 is 11.9 Å². The summed E-state index contributed by atoms with van der Waals surface area (Å²) in [7, 11) is 1.79. The van der Waals surface area contributed by atoms with Gasteiger partial charge in [-0.25, -0.2) is 9.97 Å². The molecule has 0 atom stereocenters. The highest BCUT2D eigenvalue weighted by Gasteiger charge is 2.41. The molecule has 1 saturated carbocycles. The normalized spacial score (nSPS) is 15.9. The van der Waals surface area contributed by atoms with Crippen LogP contribution in [0.5, 0.6) is 0 Å². The molecule has 0 unspecified atom stereocenters. The van der Waals surface area contributed by atoms with Crippen LogP contribution in [0.15, 0.2) is 18.5 Å². The molecule has 1 amide bonds. The molecule has 1 aliphatic rings. The van der Waals surface area contributed by atoms with Crippen molar-refractivity contribution in [1.29, 1.82) is 0 Å². The van der Waals surface area contributed by atoms with Gasteiger partial charge >= 0.3 is 0 Å². The molecule has 0 radical (unpaired) electrons. The number of nitrogens with zero attached hydrogens (tertiary/aromatic N) is 3. The van der Waals surface area contributed by atoms with Gasteiger partial charge in [0.05, 0.1) is 6.54 Å². The van der Waals surface area contributed by atoms with E-state index in [4.69, 9.17) is 5.11 Å². The van der Waals surface area contributed by atoms with Crippen LogP contribution in [0, 0.1) is 5.41 Å². The van der Waals surface area contributed by atoms with Crippen LogP contribution in [-0.2, 0) is 4.79 Å². The average molecular weight is 264 g/mol. The number of aliphatic hydroxyl groups excluding tert-OH is 1. The topological polar surface area (TPSA) is 78.4 Å². The van der Waals surface area contributed by atoms with Crippen LogP contribution in [0.4, 0.5) is 5.95 Å². The fourth-order valence-electron chi connectivity index (χ4n) is 2.05. The lowest BCUT2D eigenvalue weighted by Crippen LogP contribution is -2.38. The van der Waals surface area contributed by atoms with Crippen molar-refractivity contribution in [3.8, 4) is 0 Å². The Morgan fingerprint density at radius 1 is 1.47 bits per heavy atom. The lowest BCUT2D eigenvalue weighted by Gasteiger charge is -2.18. The highest BCUT2D eigenvalue weighted by atomic mass is 16.3. The Kier molecular flexibility index (Phi) is 4.31. The summed E-state index contributed by atoms with van der Waals surface area (Å²) in [5.74, 6) is 0.494. The molecule has 0 spiro atoms. The van der Waals surface area contributed by atoms with Crippen molar-refractivity contribution in [2.75, 3.05) is 31.6 Å². The Balaban J connectivity index is 1.75. The number of carbonyl (C=O) groups excluding carboxylic acids is 1. The smallest absolute Gasteiger partial charge is 0.239 e. The van der Waals surface area contributed by atoms with E-state index in [1.165, 1.54) is 0 Å². The predicted molar refractivity (Wildman–Crippen MR) is 71.7 cm³/mol. The molecule has 1 aromatic rings. The maximum Gasteiger partial charge on any atom is 0.239 e. The third kappa shape index (κ3) is 3.89. The van der Waals surface area contributed by atoms with E-state index in [1.54, 1.807) is 30.4 Å². The molecule has 6 heteroatoms. The lowest BCUT2D eigenvalue weighted by atomic mass is 10.0. The van der Waals surface area contributed by atoms with Crippen LogP contribution in [0.25, 0.3) is 0 Å². The van der Waals surface area contributed by atoms with Crippen LogP contribution in [-0.4, -0.2) is 47.7 Å². The first-order valence-corrected chi connectivity index (χ1v) is 6.51. The van der Waals surface area contributed by atoms with Gasteiger partial charge in [-0.1, -0.05) is 0 Å². The summed E-state index contributed by atoms with van der Waals surface area (Å²) in [5, 5.41) is 11.9. The van der Waals surface area contributed by atoms with Gasteiger partial charge in [0.25, 0.3) is 0 Å². The molecule has 2 rings (SSSR count). The molecule has 1 aliphatic carbocycles. The maximum absolute atomic E-state index is 11.8. The first-order valence-electron chi connectivity index (χ1n) is 6.51. The summed E-state index contributed by atoms with van der Waals surface area (Å²) >= 11 is 0. The van der Waals surface area contributed by atoms with Crippen LogP contribution in [0.3, 0.4) is 0 Å². The minimum Gasteiger partial charge on any atom is -0.396 e. The molecule has 1 aromatic heterocycles. The fourth-order valence-corrected chi connectivity index (χ4v) is 2.05. The van der Waals surface area contributed by atoms with E-state index in [0.717, 1.165) is 19.3 Å². The Hall–Kier alpha value is -1.69. The highest BCUT2D eigenvalue weighted by Crippen LogP contribution is 2.47. The molecule has 104 valence electrons. The van der Waals surface area contributed by atoms with Gasteiger partial charge in [0.2, 0.25) is 11.9 Å². The molecule has 2 N–H and O–H groups in total. The number of nitrogens with one attached hydrogen (secondary N) is 1. The molecular formula is C13H20N4O2. The first-order chi connectivity index (χ1) is 9.15. The van der Waals surface area contributed by atoms with Gasteiger partial charge in [0.1, 0.15) is 0 Å². The number of amides is 1. The number of rotatable bonds is 7. The second kappa shape index (κ2) is 5.97. The van der Waals surface area contributed by atoms with E-state index in [0.29, 0.717) is 12.5 Å². The third-order valence-corrected chi connectivity index (χ3v) is 3.53. The van der Waals surface area contributed by atoms with Crippen molar-refractivity contribution in [3.05, 3.63) is 18.5 Å². The van der Waals surface area contributed by atoms with Crippen molar-refractivity contribution in [3.63, 3.8) is 0 Å². The summed E-state index contributed by atoms with van der Waals surface area (Å²) in [6.07, 6.45) is 6.25. The zero-order chi connectivity index (χ0) is 13.7. The Morgan fingerprint density at radius 2 is 2.16 bits per heavy atom. The van der Waals surface area contributed by atoms with E-state index in [2.05, 4.69) is 15.3 Å². The van der Waals surface area contributed by atoms with E-state index in [9.17, 15) is 4.79 Å². The largest absolute Gasteiger partial charge is 0.396 e. The van der Waals surface area contributed by atoms with Gasteiger partial charge in [-0.15, -0.1) is 0 Å². The number of aliphatic hydroxyl groups is 1. The van der Waals surface area contributed by atoms with Gasteiger partial charge in [0.15, 0.2) is 0 Å². The molecule has 19 heavy (non-hydrogen) atoms. The van der Waals surface area contributed by atoms with Gasteiger partial charge in [-0.05, 0) is 30.7 Å². The summed E-state index contributed by atoms with van der Waals surface area (Å²) < 4.78 is 0. The van der Waals surface area contributed by atoms with E-state index in [-0.39, 0.29) is 24.5 Å². The summed E-state index contributed by atoms with van der Waals surface area (Å²) in [4.78, 5) is 21.7. The van der Waals surface area contributed by atoms with Crippen LogP contribution in [0.1, 0.15) is 19.3 Å². The second-order valence-electron chi connectivity index (χ2n) is 5.16. The number of anilines is 1. The SMILES string of the molecule is CN(CC(=O)NCC1(CCO)CC1)c1ncccn1. The number of aromatic nitrogens is 2. The molecule has 1 fully saturated rings. The van der Waals surface area contributed by atoms with Gasteiger partial charge < -0.3 is 15.3 Å². The molecule has 1 heterocycles. The predicted octanol–water partition coefficient (Wildman–Crippen LogP) is 0.192. The second-order valence-corrected chi connectivity index (χ2v) is 5.16. The molecule has 6 nitrogen and oxygen atoms in total. The van der Waals surface area contributed by atoms with Gasteiger partial charge in [0, 0.05) is 32.6 Å². The number of hydrogen-bond acceptors (Lipinski definition) is 5. The monoisotopic (exact) mass is 264 g/mol. The molecule has 0 bridgehead atoms. The minimum absolute atomic E-state index is 0.0424. The van der Waals surface area contributed by atoms with Crippen molar-refractivity contribution < 1.29 is 9.90 Å². The van der Waals surface area contributed by atoms with Crippen LogP contribution >= 0.6 is 0 Å². The van der Waals surface area contributed by atoms with E-state index in [1.807, 2.05) is 0 Å². The zero-order valence-corrected chi connectivity index (χ0v) is 11.2. The summed E-state index contributed by atoms with van der Waals surface area (Å²) in [6, 6.07) is 1.74. The third-order valence-electron chi connectivity index (χ3n) is 3.53. The minimum atomic E-state index is -0.0424. The number of carbonyl (C=O) groups is 1. The molecular weight excluding hydrogens is 244 g/mol. The first kappa shape index (κ1) is 13.7. The highest BCUT2D eigenvalue weighted by molar-refractivity contribution is 5.80. The van der Waals surface area contributed by atoms with Crippen LogP contribution in [0.2, 0.25) is 0 Å². The quantitative estimate of drug-likeness (QED) is 0.735. The fraction of sp³-hybridized carbons (Fsp3) is 0.615. The summed E-state index contributed by atoms with van der Waals surface area (Å²) in [5.41, 5.74) is 0.145. The zero-order valence-electron chi connectivity index (χ0n) is 11.2.